The lowest BCUT2D eigenvalue weighted by atomic mass is 10.00. The van der Waals surface area contributed by atoms with E-state index >= 15 is 0 Å². The summed E-state index contributed by atoms with van der Waals surface area (Å²) in [4.78, 5) is 0. The van der Waals surface area contributed by atoms with Crippen molar-refractivity contribution in [3.05, 3.63) is 34.9 Å². The first kappa shape index (κ1) is 12.3. The van der Waals surface area contributed by atoms with E-state index in [1.165, 1.54) is 36.0 Å². The van der Waals surface area contributed by atoms with Crippen LogP contribution in [-0.4, -0.2) is 13.1 Å². The molecule has 1 aromatic rings. The average molecular weight is 205 g/mol. The van der Waals surface area contributed by atoms with E-state index < -0.39 is 0 Å². The summed E-state index contributed by atoms with van der Waals surface area (Å²) in [6.07, 6.45) is 3.62. The molecule has 0 aliphatic carbocycles. The maximum atomic E-state index is 3.35. The lowest BCUT2D eigenvalue weighted by Gasteiger charge is -2.13. The van der Waals surface area contributed by atoms with Gasteiger partial charge in [-0.3, -0.25) is 0 Å². The van der Waals surface area contributed by atoms with Gasteiger partial charge in [-0.1, -0.05) is 25.1 Å². The normalized spacial score (nSPS) is 12.8. The standard InChI is InChI=1S/C14H23N/c1-5-14(15-4)9-8-13-7-6-11(2)12(3)10-13/h6-7,10,14-15H,5,8-9H2,1-4H3. The van der Waals surface area contributed by atoms with Gasteiger partial charge in [-0.15, -0.1) is 0 Å². The Morgan fingerprint density at radius 2 is 1.93 bits per heavy atom. The van der Waals surface area contributed by atoms with Crippen LogP contribution in [0.4, 0.5) is 0 Å². The first-order valence-electron chi connectivity index (χ1n) is 5.90. The first-order valence-corrected chi connectivity index (χ1v) is 5.90. The van der Waals surface area contributed by atoms with Crippen LogP contribution in [0.2, 0.25) is 0 Å². The summed E-state index contributed by atoms with van der Waals surface area (Å²) in [5.41, 5.74) is 4.26. The van der Waals surface area contributed by atoms with Gasteiger partial charge in [-0.25, -0.2) is 0 Å². The number of hydrogen-bond acceptors (Lipinski definition) is 1. The predicted octanol–water partition coefficient (Wildman–Crippen LogP) is 3.23. The van der Waals surface area contributed by atoms with Crippen molar-refractivity contribution in [2.45, 2.75) is 46.1 Å². The Hall–Kier alpha value is -0.820. The third kappa shape index (κ3) is 3.67. The highest BCUT2D eigenvalue weighted by atomic mass is 14.9. The molecule has 0 fully saturated rings. The molecule has 0 aliphatic rings. The maximum Gasteiger partial charge on any atom is 0.00646 e. The summed E-state index contributed by atoms with van der Waals surface area (Å²) >= 11 is 0. The van der Waals surface area contributed by atoms with Gasteiger partial charge in [0, 0.05) is 6.04 Å². The van der Waals surface area contributed by atoms with Crippen molar-refractivity contribution in [2.75, 3.05) is 7.05 Å². The summed E-state index contributed by atoms with van der Waals surface area (Å²) in [5, 5.41) is 3.35. The van der Waals surface area contributed by atoms with Crippen molar-refractivity contribution >= 4 is 0 Å². The molecule has 1 unspecified atom stereocenters. The molecule has 0 aromatic heterocycles. The molecule has 84 valence electrons. The lowest BCUT2D eigenvalue weighted by molar-refractivity contribution is 0.509. The molecule has 0 saturated carbocycles. The zero-order valence-corrected chi connectivity index (χ0v) is 10.4. The smallest absolute Gasteiger partial charge is 0.00646 e. The second-order valence-corrected chi connectivity index (χ2v) is 4.35. The minimum absolute atomic E-state index is 0.659. The fourth-order valence-electron chi connectivity index (χ4n) is 1.85. The molecule has 0 spiro atoms. The van der Waals surface area contributed by atoms with Gasteiger partial charge in [-0.05, 0) is 56.8 Å². The van der Waals surface area contributed by atoms with E-state index in [-0.39, 0.29) is 0 Å². The van der Waals surface area contributed by atoms with Gasteiger partial charge in [0.25, 0.3) is 0 Å². The van der Waals surface area contributed by atoms with Gasteiger partial charge < -0.3 is 5.32 Å². The van der Waals surface area contributed by atoms with Crippen LogP contribution in [0.15, 0.2) is 18.2 Å². The molecule has 0 bridgehead atoms. The van der Waals surface area contributed by atoms with E-state index in [0.717, 1.165) is 0 Å². The van der Waals surface area contributed by atoms with E-state index in [0.29, 0.717) is 6.04 Å². The molecule has 1 rings (SSSR count). The zero-order valence-electron chi connectivity index (χ0n) is 10.4. The Kier molecular flexibility index (Phi) is 4.83. The monoisotopic (exact) mass is 205 g/mol. The second kappa shape index (κ2) is 5.92. The van der Waals surface area contributed by atoms with Crippen molar-refractivity contribution in [1.82, 2.24) is 5.32 Å². The van der Waals surface area contributed by atoms with Crippen LogP contribution in [-0.2, 0) is 6.42 Å². The summed E-state index contributed by atoms with van der Waals surface area (Å²) in [5.74, 6) is 0. The Bertz CT molecular complexity index is 300. The quantitative estimate of drug-likeness (QED) is 0.778. The van der Waals surface area contributed by atoms with Crippen LogP contribution in [0, 0.1) is 13.8 Å². The third-order valence-corrected chi connectivity index (χ3v) is 3.25. The molecule has 0 amide bonds. The van der Waals surface area contributed by atoms with Crippen LogP contribution in [0.1, 0.15) is 36.5 Å². The highest BCUT2D eigenvalue weighted by Gasteiger charge is 2.03. The molecule has 1 aromatic carbocycles. The molecular weight excluding hydrogens is 182 g/mol. The Balaban J connectivity index is 2.54. The summed E-state index contributed by atoms with van der Waals surface area (Å²) in [6.45, 7) is 6.59. The minimum atomic E-state index is 0.659. The summed E-state index contributed by atoms with van der Waals surface area (Å²) in [6, 6.07) is 7.46. The Labute approximate surface area is 93.9 Å². The zero-order chi connectivity index (χ0) is 11.3. The topological polar surface area (TPSA) is 12.0 Å². The van der Waals surface area contributed by atoms with E-state index in [1.54, 1.807) is 0 Å². The molecular formula is C14H23N. The predicted molar refractivity (Wildman–Crippen MR) is 67.4 cm³/mol. The van der Waals surface area contributed by atoms with Crippen LogP contribution in [0.25, 0.3) is 0 Å². The molecule has 0 radical (unpaired) electrons. The number of nitrogens with one attached hydrogen (secondary N) is 1. The van der Waals surface area contributed by atoms with Crippen molar-refractivity contribution in [2.24, 2.45) is 0 Å². The fraction of sp³-hybridized carbons (Fsp3) is 0.571. The molecule has 15 heavy (non-hydrogen) atoms. The number of rotatable bonds is 5. The average Bonchev–Trinajstić information content (AvgIpc) is 2.24. The second-order valence-electron chi connectivity index (χ2n) is 4.35. The first-order chi connectivity index (χ1) is 7.17. The summed E-state index contributed by atoms with van der Waals surface area (Å²) in [7, 11) is 2.05. The SMILES string of the molecule is CCC(CCc1ccc(C)c(C)c1)NC. The van der Waals surface area contributed by atoms with E-state index in [4.69, 9.17) is 0 Å². The minimum Gasteiger partial charge on any atom is -0.317 e. The van der Waals surface area contributed by atoms with Gasteiger partial charge in [0.15, 0.2) is 0 Å². The van der Waals surface area contributed by atoms with E-state index in [9.17, 15) is 0 Å². The molecule has 1 nitrogen and oxygen atoms in total. The van der Waals surface area contributed by atoms with Gasteiger partial charge >= 0.3 is 0 Å². The lowest BCUT2D eigenvalue weighted by Crippen LogP contribution is -2.24. The summed E-state index contributed by atoms with van der Waals surface area (Å²) < 4.78 is 0. The number of aryl methyl sites for hydroxylation is 3. The molecule has 0 saturated heterocycles. The van der Waals surface area contributed by atoms with Gasteiger partial charge in [0.2, 0.25) is 0 Å². The maximum absolute atomic E-state index is 3.35. The van der Waals surface area contributed by atoms with E-state index in [1.807, 2.05) is 0 Å². The van der Waals surface area contributed by atoms with Crippen molar-refractivity contribution in [3.63, 3.8) is 0 Å². The highest BCUT2D eigenvalue weighted by molar-refractivity contribution is 5.29. The largest absolute Gasteiger partial charge is 0.317 e. The molecule has 1 N–H and O–H groups in total. The van der Waals surface area contributed by atoms with Crippen molar-refractivity contribution in [1.29, 1.82) is 0 Å². The van der Waals surface area contributed by atoms with E-state index in [2.05, 4.69) is 51.3 Å². The molecule has 0 aliphatic heterocycles. The van der Waals surface area contributed by atoms with Gasteiger partial charge in [0.05, 0.1) is 0 Å². The number of hydrogen-bond donors (Lipinski definition) is 1. The fourth-order valence-corrected chi connectivity index (χ4v) is 1.85. The Morgan fingerprint density at radius 3 is 2.47 bits per heavy atom. The highest BCUT2D eigenvalue weighted by Crippen LogP contribution is 2.12. The van der Waals surface area contributed by atoms with Gasteiger partial charge in [-0.2, -0.15) is 0 Å². The van der Waals surface area contributed by atoms with Crippen molar-refractivity contribution < 1.29 is 0 Å². The molecule has 1 heteroatoms. The third-order valence-electron chi connectivity index (χ3n) is 3.25. The molecule has 1 atom stereocenters. The van der Waals surface area contributed by atoms with Crippen LogP contribution >= 0.6 is 0 Å². The Morgan fingerprint density at radius 1 is 1.20 bits per heavy atom. The van der Waals surface area contributed by atoms with Crippen LogP contribution < -0.4 is 5.32 Å². The van der Waals surface area contributed by atoms with Gasteiger partial charge in [0.1, 0.15) is 0 Å². The number of benzene rings is 1. The van der Waals surface area contributed by atoms with Crippen LogP contribution in [0.3, 0.4) is 0 Å². The van der Waals surface area contributed by atoms with Crippen molar-refractivity contribution in [3.8, 4) is 0 Å². The van der Waals surface area contributed by atoms with Crippen LogP contribution in [0.5, 0.6) is 0 Å². The molecule has 0 heterocycles.